The second-order valence-corrected chi connectivity index (χ2v) is 7.03. The summed E-state index contributed by atoms with van der Waals surface area (Å²) in [7, 11) is 0. The number of carboxylic acids is 1. The average molecular weight is 392 g/mol. The third kappa shape index (κ3) is 3.20. The molecule has 0 aliphatic carbocycles. The van der Waals surface area contributed by atoms with E-state index in [9.17, 15) is 14.0 Å². The summed E-state index contributed by atoms with van der Waals surface area (Å²) in [5, 5.41) is 13.8. The van der Waals surface area contributed by atoms with Gasteiger partial charge in [0.05, 0.1) is 11.1 Å². The Labute approximate surface area is 165 Å². The summed E-state index contributed by atoms with van der Waals surface area (Å²) in [4.78, 5) is 27.6. The van der Waals surface area contributed by atoms with E-state index in [1.807, 2.05) is 13.8 Å². The smallest absolute Gasteiger partial charge is 0.335 e. The highest BCUT2D eigenvalue weighted by atomic mass is 19.1. The molecule has 0 fully saturated rings. The van der Waals surface area contributed by atoms with Crippen LogP contribution >= 0.6 is 0 Å². The number of H-pyrrole nitrogens is 1. The Bertz CT molecular complexity index is 1250. The largest absolute Gasteiger partial charge is 0.478 e. The molecular weight excluding hydrogens is 375 g/mol. The van der Waals surface area contributed by atoms with Gasteiger partial charge in [-0.15, -0.1) is 0 Å². The van der Waals surface area contributed by atoms with Gasteiger partial charge in [-0.2, -0.15) is 0 Å². The minimum Gasteiger partial charge on any atom is -0.478 e. The van der Waals surface area contributed by atoms with Crippen LogP contribution in [-0.4, -0.2) is 27.0 Å². The fourth-order valence-corrected chi connectivity index (χ4v) is 3.33. The molecule has 0 spiro atoms. The summed E-state index contributed by atoms with van der Waals surface area (Å²) >= 11 is 0. The molecule has 4 rings (SSSR count). The number of aromatic carboxylic acids is 1. The molecule has 2 N–H and O–H groups in total. The summed E-state index contributed by atoms with van der Waals surface area (Å²) < 4.78 is 19.2. The number of carboxylic acid groups (broad SMARTS) is 1. The van der Waals surface area contributed by atoms with Gasteiger partial charge in [-0.25, -0.2) is 9.18 Å². The first-order chi connectivity index (χ1) is 13.9. The SMILES string of the molecule is CC(C)c1onc(-c2cccc(F)c2)c1C(=O)c1c[nH]c2cc(C(=O)O)ccc12. The number of hydrogen-bond donors (Lipinski definition) is 2. The topological polar surface area (TPSA) is 96.2 Å². The molecule has 6 nitrogen and oxygen atoms in total. The first-order valence-electron chi connectivity index (χ1n) is 9.01. The summed E-state index contributed by atoms with van der Waals surface area (Å²) in [6.07, 6.45) is 1.53. The van der Waals surface area contributed by atoms with Crippen LogP contribution in [0.5, 0.6) is 0 Å². The summed E-state index contributed by atoms with van der Waals surface area (Å²) in [5.41, 5.74) is 2.00. The first kappa shape index (κ1) is 18.6. The number of rotatable bonds is 5. The van der Waals surface area contributed by atoms with Gasteiger partial charge in [0.2, 0.25) is 5.78 Å². The van der Waals surface area contributed by atoms with Crippen LogP contribution in [0.4, 0.5) is 4.39 Å². The van der Waals surface area contributed by atoms with Crippen molar-refractivity contribution in [2.75, 3.05) is 0 Å². The normalized spacial score (nSPS) is 11.3. The standard InChI is InChI=1S/C22H17FN2O4/c1-11(2)21-18(19(25-29-21)12-4-3-5-14(23)8-12)20(26)16-10-24-17-9-13(22(27)28)6-7-15(16)17/h3-11,24H,1-2H3,(H,27,28). The van der Waals surface area contributed by atoms with E-state index >= 15 is 0 Å². The van der Waals surface area contributed by atoms with Crippen LogP contribution < -0.4 is 0 Å². The van der Waals surface area contributed by atoms with E-state index in [1.54, 1.807) is 18.2 Å². The van der Waals surface area contributed by atoms with Crippen molar-refractivity contribution in [2.24, 2.45) is 0 Å². The van der Waals surface area contributed by atoms with E-state index < -0.39 is 11.8 Å². The zero-order chi connectivity index (χ0) is 20.7. The first-order valence-corrected chi connectivity index (χ1v) is 9.01. The number of ketones is 1. The average Bonchev–Trinajstić information content (AvgIpc) is 3.31. The van der Waals surface area contributed by atoms with Crippen molar-refractivity contribution in [1.82, 2.24) is 10.1 Å². The van der Waals surface area contributed by atoms with Crippen molar-refractivity contribution in [2.45, 2.75) is 19.8 Å². The van der Waals surface area contributed by atoms with Crippen molar-refractivity contribution < 1.29 is 23.6 Å². The van der Waals surface area contributed by atoms with Gasteiger partial charge in [0.1, 0.15) is 11.5 Å². The van der Waals surface area contributed by atoms with Crippen LogP contribution in [0.25, 0.3) is 22.2 Å². The highest BCUT2D eigenvalue weighted by Gasteiger charge is 2.28. The number of aromatic amines is 1. The van der Waals surface area contributed by atoms with Gasteiger partial charge in [0.25, 0.3) is 0 Å². The molecule has 2 heterocycles. The number of halogens is 1. The lowest BCUT2D eigenvalue weighted by Crippen LogP contribution is -2.06. The van der Waals surface area contributed by atoms with E-state index in [1.165, 1.54) is 30.5 Å². The van der Waals surface area contributed by atoms with Crippen LogP contribution in [0, 0.1) is 5.82 Å². The zero-order valence-electron chi connectivity index (χ0n) is 15.7. The Hall–Kier alpha value is -3.74. The van der Waals surface area contributed by atoms with Crippen molar-refractivity contribution >= 4 is 22.7 Å². The highest BCUT2D eigenvalue weighted by Crippen LogP contribution is 2.33. The summed E-state index contributed by atoms with van der Waals surface area (Å²) in [6.45, 7) is 3.75. The lowest BCUT2D eigenvalue weighted by molar-refractivity contribution is 0.0697. The number of carbonyl (C=O) groups excluding carboxylic acids is 1. The van der Waals surface area contributed by atoms with Crippen molar-refractivity contribution in [3.05, 3.63) is 76.9 Å². The number of benzene rings is 2. The second-order valence-electron chi connectivity index (χ2n) is 7.03. The summed E-state index contributed by atoms with van der Waals surface area (Å²) in [5.74, 6) is -1.53. The minimum atomic E-state index is -1.05. The maximum absolute atomic E-state index is 13.7. The predicted octanol–water partition coefficient (Wildman–Crippen LogP) is 5.01. The Morgan fingerprint density at radius 2 is 1.97 bits per heavy atom. The molecule has 4 aromatic rings. The zero-order valence-corrected chi connectivity index (χ0v) is 15.7. The number of aromatic nitrogens is 2. The van der Waals surface area contributed by atoms with E-state index in [0.29, 0.717) is 27.8 Å². The number of carbonyl (C=O) groups is 2. The molecule has 0 aliphatic heterocycles. The van der Waals surface area contributed by atoms with Crippen molar-refractivity contribution in [3.63, 3.8) is 0 Å². The quantitative estimate of drug-likeness (QED) is 0.465. The highest BCUT2D eigenvalue weighted by molar-refractivity contribution is 6.19. The molecule has 0 atom stereocenters. The van der Waals surface area contributed by atoms with Gasteiger partial charge in [0, 0.05) is 34.1 Å². The molecule has 7 heteroatoms. The van der Waals surface area contributed by atoms with E-state index in [0.717, 1.165) is 0 Å². The Kier molecular flexibility index (Phi) is 4.50. The molecule has 0 amide bonds. The van der Waals surface area contributed by atoms with Crippen LogP contribution in [0.3, 0.4) is 0 Å². The lowest BCUT2D eigenvalue weighted by atomic mass is 9.94. The Morgan fingerprint density at radius 1 is 1.17 bits per heavy atom. The number of nitrogens with one attached hydrogen (secondary N) is 1. The fraction of sp³-hybridized carbons (Fsp3) is 0.136. The predicted molar refractivity (Wildman–Crippen MR) is 105 cm³/mol. The number of fused-ring (bicyclic) bond motifs is 1. The monoisotopic (exact) mass is 392 g/mol. The maximum Gasteiger partial charge on any atom is 0.335 e. The van der Waals surface area contributed by atoms with Gasteiger partial charge < -0.3 is 14.6 Å². The molecule has 0 radical (unpaired) electrons. The lowest BCUT2D eigenvalue weighted by Gasteiger charge is -2.06. The molecule has 29 heavy (non-hydrogen) atoms. The second kappa shape index (κ2) is 7.01. The van der Waals surface area contributed by atoms with E-state index in [4.69, 9.17) is 9.63 Å². The molecule has 0 saturated carbocycles. The molecule has 0 bridgehead atoms. The van der Waals surface area contributed by atoms with Crippen LogP contribution in [0.2, 0.25) is 0 Å². The minimum absolute atomic E-state index is 0.117. The molecular formula is C22H17FN2O4. The molecule has 0 unspecified atom stereocenters. The van der Waals surface area contributed by atoms with Crippen LogP contribution in [0.1, 0.15) is 51.8 Å². The van der Waals surface area contributed by atoms with Gasteiger partial charge >= 0.3 is 5.97 Å². The third-order valence-corrected chi connectivity index (χ3v) is 4.74. The van der Waals surface area contributed by atoms with Gasteiger partial charge in [-0.1, -0.05) is 37.2 Å². The molecule has 2 aromatic heterocycles. The van der Waals surface area contributed by atoms with Gasteiger partial charge in [-0.05, 0) is 24.3 Å². The van der Waals surface area contributed by atoms with Crippen LogP contribution in [0.15, 0.2) is 53.2 Å². The van der Waals surface area contributed by atoms with Gasteiger partial charge in [0.15, 0.2) is 5.76 Å². The van der Waals surface area contributed by atoms with E-state index in [2.05, 4.69) is 10.1 Å². The number of hydrogen-bond acceptors (Lipinski definition) is 4. The Balaban J connectivity index is 1.88. The van der Waals surface area contributed by atoms with E-state index in [-0.39, 0.29) is 28.5 Å². The fourth-order valence-electron chi connectivity index (χ4n) is 3.33. The van der Waals surface area contributed by atoms with Crippen molar-refractivity contribution in [3.8, 4) is 11.3 Å². The summed E-state index contributed by atoms with van der Waals surface area (Å²) in [6, 6.07) is 10.3. The third-order valence-electron chi connectivity index (χ3n) is 4.74. The molecule has 146 valence electrons. The molecule has 0 saturated heterocycles. The molecule has 0 aliphatic rings. The molecule has 2 aromatic carbocycles. The maximum atomic E-state index is 13.7. The van der Waals surface area contributed by atoms with Crippen LogP contribution in [-0.2, 0) is 0 Å². The number of nitrogens with zero attached hydrogens (tertiary/aromatic N) is 1. The Morgan fingerprint density at radius 3 is 2.66 bits per heavy atom. The van der Waals surface area contributed by atoms with Gasteiger partial charge in [-0.3, -0.25) is 4.79 Å². The van der Waals surface area contributed by atoms with Crippen molar-refractivity contribution in [1.29, 1.82) is 0 Å².